The van der Waals surface area contributed by atoms with Gasteiger partial charge in [0.05, 0.1) is 18.1 Å². The van der Waals surface area contributed by atoms with Crippen molar-refractivity contribution in [2.24, 2.45) is 0 Å². The summed E-state index contributed by atoms with van der Waals surface area (Å²) in [6.45, 7) is 0.268. The van der Waals surface area contributed by atoms with Crippen molar-refractivity contribution in [2.75, 3.05) is 25.1 Å². The number of carbonyl (C=O) groups is 1. The minimum Gasteiger partial charge on any atom is -0.295 e. The Morgan fingerprint density at radius 2 is 2.00 bits per heavy atom. The molecule has 1 aromatic carbocycles. The van der Waals surface area contributed by atoms with Gasteiger partial charge < -0.3 is 0 Å². The van der Waals surface area contributed by atoms with Gasteiger partial charge in [-0.1, -0.05) is 30.3 Å². The predicted molar refractivity (Wildman–Crippen MR) is 70.5 cm³/mol. The molecule has 0 spiro atoms. The van der Waals surface area contributed by atoms with Gasteiger partial charge in [0.15, 0.2) is 15.6 Å². The smallest absolute Gasteiger partial charge is 0.176 e. The summed E-state index contributed by atoms with van der Waals surface area (Å²) in [5.74, 6) is 0.440. The number of carbonyl (C=O) groups excluding carboxylic acids is 1. The van der Waals surface area contributed by atoms with Crippen molar-refractivity contribution in [3.05, 3.63) is 35.9 Å². The van der Waals surface area contributed by atoms with Gasteiger partial charge in [0, 0.05) is 11.6 Å². The maximum Gasteiger partial charge on any atom is 0.176 e. The second kappa shape index (κ2) is 5.20. The number of Topliss-reactive ketones (excluding diaryl/α,β-unsaturated/α-hetero) is 1. The molecule has 1 heterocycles. The van der Waals surface area contributed by atoms with Gasteiger partial charge in [-0.15, -0.1) is 0 Å². The zero-order valence-electron chi connectivity index (χ0n) is 10.4. The van der Waals surface area contributed by atoms with E-state index in [9.17, 15) is 13.2 Å². The third-order valence-electron chi connectivity index (χ3n) is 3.32. The van der Waals surface area contributed by atoms with Crippen molar-refractivity contribution >= 4 is 15.6 Å². The van der Waals surface area contributed by atoms with Gasteiger partial charge in [-0.25, -0.2) is 8.42 Å². The summed E-state index contributed by atoms with van der Waals surface area (Å²) >= 11 is 0. The van der Waals surface area contributed by atoms with Crippen molar-refractivity contribution in [2.45, 2.75) is 12.5 Å². The predicted octanol–water partition coefficient (Wildman–Crippen LogP) is 0.988. The first-order valence-electron chi connectivity index (χ1n) is 5.97. The van der Waals surface area contributed by atoms with Gasteiger partial charge >= 0.3 is 0 Å². The second-order valence-electron chi connectivity index (χ2n) is 4.76. The largest absolute Gasteiger partial charge is 0.295 e. The first-order valence-corrected chi connectivity index (χ1v) is 7.79. The van der Waals surface area contributed by atoms with Gasteiger partial charge in [-0.3, -0.25) is 9.69 Å². The van der Waals surface area contributed by atoms with E-state index in [1.807, 2.05) is 30.1 Å². The highest BCUT2D eigenvalue weighted by atomic mass is 32.2. The van der Waals surface area contributed by atoms with E-state index >= 15 is 0 Å². The van der Waals surface area contributed by atoms with Crippen LogP contribution in [0.5, 0.6) is 0 Å². The quantitative estimate of drug-likeness (QED) is 0.763. The molecule has 0 N–H and O–H groups in total. The van der Waals surface area contributed by atoms with Crippen LogP contribution >= 0.6 is 0 Å². The van der Waals surface area contributed by atoms with Crippen molar-refractivity contribution in [3.63, 3.8) is 0 Å². The van der Waals surface area contributed by atoms with Gasteiger partial charge in [-0.2, -0.15) is 0 Å². The Hall–Kier alpha value is -1.20. The second-order valence-corrected chi connectivity index (χ2v) is 6.99. The molecule has 0 aromatic heterocycles. The average molecular weight is 267 g/mol. The highest BCUT2D eigenvalue weighted by molar-refractivity contribution is 7.91. The van der Waals surface area contributed by atoms with Crippen LogP contribution in [0.3, 0.4) is 0 Å². The molecule has 1 unspecified atom stereocenters. The number of likely N-dealkylation sites (N-methyl/N-ethyl adjacent to an activating group) is 1. The summed E-state index contributed by atoms with van der Waals surface area (Å²) in [4.78, 5) is 13.8. The Morgan fingerprint density at radius 1 is 1.33 bits per heavy atom. The molecule has 0 radical (unpaired) electrons. The Morgan fingerprint density at radius 3 is 2.56 bits per heavy atom. The Bertz CT molecular complexity index is 524. The van der Waals surface area contributed by atoms with Gasteiger partial charge in [-0.05, 0) is 13.5 Å². The molecule has 0 saturated carbocycles. The topological polar surface area (TPSA) is 54.5 Å². The lowest BCUT2D eigenvalue weighted by molar-refractivity contribution is 0.0926. The minimum atomic E-state index is -2.89. The summed E-state index contributed by atoms with van der Waals surface area (Å²) in [7, 11) is -1.08. The normalized spacial score (nSPS) is 22.2. The van der Waals surface area contributed by atoms with E-state index in [1.54, 1.807) is 12.1 Å². The summed E-state index contributed by atoms with van der Waals surface area (Å²) in [6, 6.07) is 9.05. The lowest BCUT2D eigenvalue weighted by atomic mass is 10.1. The SMILES string of the molecule is CN(CC(=O)c1ccccc1)C1CCS(=O)(=O)C1. The fourth-order valence-electron chi connectivity index (χ4n) is 2.19. The highest BCUT2D eigenvalue weighted by Crippen LogP contribution is 2.16. The van der Waals surface area contributed by atoms with Crippen LogP contribution < -0.4 is 0 Å². The zero-order valence-corrected chi connectivity index (χ0v) is 11.2. The van der Waals surface area contributed by atoms with Gasteiger partial charge in [0.25, 0.3) is 0 Å². The molecule has 1 aromatic rings. The molecule has 0 amide bonds. The molecular weight excluding hydrogens is 250 g/mol. The van der Waals surface area contributed by atoms with E-state index in [1.165, 1.54) is 0 Å². The molecule has 2 rings (SSSR count). The van der Waals surface area contributed by atoms with Gasteiger partial charge in [0.1, 0.15) is 0 Å². The lowest BCUT2D eigenvalue weighted by Gasteiger charge is -2.22. The van der Waals surface area contributed by atoms with E-state index in [0.717, 1.165) is 0 Å². The van der Waals surface area contributed by atoms with Crippen LogP contribution in [0.15, 0.2) is 30.3 Å². The third-order valence-corrected chi connectivity index (χ3v) is 5.07. The molecule has 98 valence electrons. The number of nitrogens with zero attached hydrogens (tertiary/aromatic N) is 1. The van der Waals surface area contributed by atoms with E-state index in [0.29, 0.717) is 12.0 Å². The fraction of sp³-hybridized carbons (Fsp3) is 0.462. The van der Waals surface area contributed by atoms with Crippen molar-refractivity contribution in [1.82, 2.24) is 4.90 Å². The molecule has 18 heavy (non-hydrogen) atoms. The highest BCUT2D eigenvalue weighted by Gasteiger charge is 2.31. The summed E-state index contributed by atoms with van der Waals surface area (Å²) < 4.78 is 22.8. The van der Waals surface area contributed by atoms with Crippen LogP contribution in [-0.4, -0.2) is 50.2 Å². The number of rotatable bonds is 4. The number of hydrogen-bond donors (Lipinski definition) is 0. The zero-order chi connectivity index (χ0) is 13.2. The van der Waals surface area contributed by atoms with E-state index < -0.39 is 9.84 Å². The molecule has 0 bridgehead atoms. The van der Waals surface area contributed by atoms with E-state index in [-0.39, 0.29) is 29.9 Å². The van der Waals surface area contributed by atoms with Crippen LogP contribution in [0.25, 0.3) is 0 Å². The monoisotopic (exact) mass is 267 g/mol. The first kappa shape index (κ1) is 13.2. The summed E-state index contributed by atoms with van der Waals surface area (Å²) in [5, 5.41) is 0. The number of benzene rings is 1. The molecule has 1 aliphatic rings. The maximum absolute atomic E-state index is 12.0. The Kier molecular flexibility index (Phi) is 3.82. The van der Waals surface area contributed by atoms with E-state index in [4.69, 9.17) is 0 Å². The van der Waals surface area contributed by atoms with E-state index in [2.05, 4.69) is 0 Å². The van der Waals surface area contributed by atoms with Crippen LogP contribution in [0, 0.1) is 0 Å². The molecule has 1 saturated heterocycles. The molecule has 1 aliphatic heterocycles. The Balaban J connectivity index is 1.96. The average Bonchev–Trinajstić information content (AvgIpc) is 2.71. The molecule has 5 heteroatoms. The maximum atomic E-state index is 12.0. The van der Waals surface area contributed by atoms with Crippen molar-refractivity contribution < 1.29 is 13.2 Å². The molecule has 0 aliphatic carbocycles. The van der Waals surface area contributed by atoms with Crippen LogP contribution in [-0.2, 0) is 9.84 Å². The Labute approximate surface area is 108 Å². The minimum absolute atomic E-state index is 0.0253. The molecular formula is C13H17NO3S. The third kappa shape index (κ3) is 3.17. The molecule has 4 nitrogen and oxygen atoms in total. The number of ketones is 1. The van der Waals surface area contributed by atoms with Gasteiger partial charge in [0.2, 0.25) is 0 Å². The first-order chi connectivity index (χ1) is 8.48. The van der Waals surface area contributed by atoms with Crippen LogP contribution in [0.1, 0.15) is 16.8 Å². The summed E-state index contributed by atoms with van der Waals surface area (Å²) in [5.41, 5.74) is 0.671. The lowest BCUT2D eigenvalue weighted by Crippen LogP contribution is -2.36. The van der Waals surface area contributed by atoms with Crippen LogP contribution in [0.2, 0.25) is 0 Å². The van der Waals surface area contributed by atoms with Crippen molar-refractivity contribution in [1.29, 1.82) is 0 Å². The number of sulfone groups is 1. The van der Waals surface area contributed by atoms with Crippen LogP contribution in [0.4, 0.5) is 0 Å². The molecule has 1 atom stereocenters. The summed E-state index contributed by atoms with van der Waals surface area (Å²) in [6.07, 6.45) is 0.626. The standard InChI is InChI=1S/C13H17NO3S/c1-14(12-7-8-18(16,17)10-12)9-13(15)11-5-3-2-4-6-11/h2-6,12H,7-10H2,1H3. The number of hydrogen-bond acceptors (Lipinski definition) is 4. The molecule has 1 fully saturated rings. The fourth-order valence-corrected chi connectivity index (χ4v) is 4.00. The van der Waals surface area contributed by atoms with Crippen molar-refractivity contribution in [3.8, 4) is 0 Å².